The molecule has 0 aromatic carbocycles. The normalized spacial score (nSPS) is 45.5. The van der Waals surface area contributed by atoms with Crippen LogP contribution >= 0.6 is 0 Å². The van der Waals surface area contributed by atoms with Crippen molar-refractivity contribution in [3.8, 4) is 0 Å². The van der Waals surface area contributed by atoms with Gasteiger partial charge in [-0.25, -0.2) is 0 Å². The number of hydrogen-bond donors (Lipinski definition) is 2. The molecule has 0 aromatic heterocycles. The van der Waals surface area contributed by atoms with Gasteiger partial charge in [-0.05, 0) is 119 Å². The van der Waals surface area contributed by atoms with E-state index < -0.39 is 5.60 Å². The van der Waals surface area contributed by atoms with Crippen LogP contribution in [0.4, 0.5) is 0 Å². The summed E-state index contributed by atoms with van der Waals surface area (Å²) in [6.07, 6.45) is 14.7. The van der Waals surface area contributed by atoms with E-state index in [0.717, 1.165) is 61.2 Å². The molecule has 0 bridgehead atoms. The number of aliphatic hydroxyl groups is 2. The van der Waals surface area contributed by atoms with Crippen LogP contribution in [0, 0.1) is 40.9 Å². The van der Waals surface area contributed by atoms with E-state index in [1.165, 1.54) is 38.5 Å². The minimum atomic E-state index is -0.527. The largest absolute Gasteiger partial charge is 0.393 e. The van der Waals surface area contributed by atoms with Gasteiger partial charge in [0.1, 0.15) is 0 Å². The Bertz CT molecular complexity index is 573. The predicted octanol–water partition coefficient (Wildman–Crippen LogP) is 5.72. The van der Waals surface area contributed by atoms with E-state index in [0.29, 0.717) is 5.41 Å². The van der Waals surface area contributed by atoms with Gasteiger partial charge in [-0.3, -0.25) is 0 Å². The third-order valence-corrected chi connectivity index (χ3v) is 9.39. The van der Waals surface area contributed by atoms with Crippen molar-refractivity contribution < 1.29 is 10.2 Å². The maximum absolute atomic E-state index is 10.2. The average Bonchev–Trinajstić information content (AvgIpc) is 2.96. The molecule has 0 aromatic rings. The molecule has 4 aliphatic rings. The molecule has 0 aliphatic heterocycles. The predicted molar refractivity (Wildman–Crippen MR) is 111 cm³/mol. The van der Waals surface area contributed by atoms with E-state index >= 15 is 0 Å². The van der Waals surface area contributed by atoms with Crippen LogP contribution in [0.25, 0.3) is 0 Å². The van der Waals surface area contributed by atoms with Crippen LogP contribution in [0.3, 0.4) is 0 Å². The SMILES string of the molecule is C[C@H](CCC(C)(C)O)[C@H]1CC[C@H]2[C@@H]3CC=C4C[C@@H](O)CC[C@@H]4[C@H]3CC[C@]12C. The van der Waals surface area contributed by atoms with E-state index in [-0.39, 0.29) is 6.10 Å². The van der Waals surface area contributed by atoms with Gasteiger partial charge in [-0.15, -0.1) is 0 Å². The lowest BCUT2D eigenvalue weighted by atomic mass is 9.51. The maximum atomic E-state index is 10.2. The first-order chi connectivity index (χ1) is 12.7. The summed E-state index contributed by atoms with van der Waals surface area (Å²) in [6, 6.07) is 0. The summed E-state index contributed by atoms with van der Waals surface area (Å²) in [5.41, 5.74) is 1.59. The highest BCUT2D eigenvalue weighted by atomic mass is 16.3. The van der Waals surface area contributed by atoms with Crippen LogP contribution < -0.4 is 0 Å². The molecule has 0 heterocycles. The third kappa shape index (κ3) is 3.66. The molecule has 0 radical (unpaired) electrons. The summed E-state index contributed by atoms with van der Waals surface area (Å²) in [5, 5.41) is 20.2. The van der Waals surface area contributed by atoms with Crippen molar-refractivity contribution in [1.29, 1.82) is 0 Å². The highest BCUT2D eigenvalue weighted by Gasteiger charge is 2.56. The molecule has 4 aliphatic carbocycles. The van der Waals surface area contributed by atoms with Gasteiger partial charge in [0, 0.05) is 0 Å². The highest BCUT2D eigenvalue weighted by Crippen LogP contribution is 2.64. The van der Waals surface area contributed by atoms with Crippen molar-refractivity contribution in [2.45, 2.75) is 104 Å². The molecule has 0 amide bonds. The monoisotopic (exact) mass is 374 g/mol. The van der Waals surface area contributed by atoms with Crippen LogP contribution in [-0.2, 0) is 0 Å². The van der Waals surface area contributed by atoms with Gasteiger partial charge < -0.3 is 10.2 Å². The Balaban J connectivity index is 1.48. The van der Waals surface area contributed by atoms with Crippen molar-refractivity contribution in [2.24, 2.45) is 40.9 Å². The number of allylic oxidation sites excluding steroid dienone is 1. The van der Waals surface area contributed by atoms with Crippen molar-refractivity contribution in [3.63, 3.8) is 0 Å². The average molecular weight is 375 g/mol. The first-order valence-electron chi connectivity index (χ1n) is 11.8. The molecule has 8 atom stereocenters. The van der Waals surface area contributed by atoms with Gasteiger partial charge in [0.2, 0.25) is 0 Å². The zero-order valence-corrected chi connectivity index (χ0v) is 18.1. The second-order valence-electron chi connectivity index (χ2n) is 11.5. The Kier molecular flexibility index (Phi) is 5.30. The molecule has 4 rings (SSSR count). The number of aliphatic hydroxyl groups excluding tert-OH is 1. The smallest absolute Gasteiger partial charge is 0.0591 e. The standard InChI is InChI=1S/C25H42O2/c1-16(11-13-24(2,3)27)22-9-10-23-21-7-5-17-15-18(26)6-8-19(17)20(21)12-14-25(22,23)4/h5,16,18-23,26-27H,6-15H2,1-4H3/t16-,18+,19+,20-,21-,22-,23+,25-/m1/s1. The van der Waals surface area contributed by atoms with E-state index in [9.17, 15) is 10.2 Å². The van der Waals surface area contributed by atoms with Crippen molar-refractivity contribution in [1.82, 2.24) is 0 Å². The minimum Gasteiger partial charge on any atom is -0.393 e. The fraction of sp³-hybridized carbons (Fsp3) is 0.920. The van der Waals surface area contributed by atoms with E-state index in [2.05, 4.69) is 19.9 Å². The molecule has 0 saturated heterocycles. The van der Waals surface area contributed by atoms with E-state index in [4.69, 9.17) is 0 Å². The van der Waals surface area contributed by atoms with Gasteiger partial charge in [0.15, 0.2) is 0 Å². The number of fused-ring (bicyclic) bond motifs is 5. The quantitative estimate of drug-likeness (QED) is 0.618. The zero-order valence-electron chi connectivity index (χ0n) is 18.1. The van der Waals surface area contributed by atoms with Gasteiger partial charge >= 0.3 is 0 Å². The van der Waals surface area contributed by atoms with E-state index in [1.807, 2.05) is 13.8 Å². The molecule has 0 spiro atoms. The lowest BCUT2D eigenvalue weighted by molar-refractivity contribution is -0.0319. The van der Waals surface area contributed by atoms with Gasteiger partial charge in [0.05, 0.1) is 11.7 Å². The summed E-state index contributed by atoms with van der Waals surface area (Å²) in [4.78, 5) is 0. The molecule has 2 N–H and O–H groups in total. The van der Waals surface area contributed by atoms with Crippen LogP contribution in [-0.4, -0.2) is 21.9 Å². The fourth-order valence-corrected chi connectivity index (χ4v) is 8.01. The Labute approximate surface area is 166 Å². The molecule has 2 nitrogen and oxygen atoms in total. The Morgan fingerprint density at radius 3 is 2.67 bits per heavy atom. The summed E-state index contributed by atoms with van der Waals surface area (Å²) in [5.74, 6) is 5.02. The van der Waals surface area contributed by atoms with Crippen LogP contribution in [0.5, 0.6) is 0 Å². The molecular formula is C25H42O2. The summed E-state index contributed by atoms with van der Waals surface area (Å²) >= 11 is 0. The fourth-order valence-electron chi connectivity index (χ4n) is 8.01. The molecular weight excluding hydrogens is 332 g/mol. The first-order valence-corrected chi connectivity index (χ1v) is 11.8. The Morgan fingerprint density at radius 1 is 1.15 bits per heavy atom. The zero-order chi connectivity index (χ0) is 19.4. The highest BCUT2D eigenvalue weighted by molar-refractivity contribution is 5.20. The van der Waals surface area contributed by atoms with Crippen molar-refractivity contribution in [3.05, 3.63) is 11.6 Å². The first kappa shape index (κ1) is 20.0. The van der Waals surface area contributed by atoms with E-state index in [1.54, 1.807) is 5.57 Å². The molecule has 3 fully saturated rings. The molecule has 27 heavy (non-hydrogen) atoms. The van der Waals surface area contributed by atoms with Crippen LogP contribution in [0.15, 0.2) is 11.6 Å². The number of rotatable bonds is 4. The van der Waals surface area contributed by atoms with Gasteiger partial charge in [-0.2, -0.15) is 0 Å². The van der Waals surface area contributed by atoms with Crippen LogP contribution in [0.2, 0.25) is 0 Å². The lowest BCUT2D eigenvalue weighted by Gasteiger charge is -2.54. The second-order valence-corrected chi connectivity index (χ2v) is 11.5. The van der Waals surface area contributed by atoms with Crippen LogP contribution in [0.1, 0.15) is 91.9 Å². The molecule has 0 unspecified atom stereocenters. The Hall–Kier alpha value is -0.340. The third-order valence-electron chi connectivity index (χ3n) is 9.39. The molecule has 2 heteroatoms. The number of hydrogen-bond acceptors (Lipinski definition) is 2. The molecule has 154 valence electrons. The van der Waals surface area contributed by atoms with Gasteiger partial charge in [0.25, 0.3) is 0 Å². The summed E-state index contributed by atoms with van der Waals surface area (Å²) in [7, 11) is 0. The summed E-state index contributed by atoms with van der Waals surface area (Å²) in [6.45, 7) is 8.99. The topological polar surface area (TPSA) is 40.5 Å². The molecule has 3 saturated carbocycles. The maximum Gasteiger partial charge on any atom is 0.0591 e. The van der Waals surface area contributed by atoms with Gasteiger partial charge in [-0.1, -0.05) is 25.5 Å². The lowest BCUT2D eigenvalue weighted by Crippen LogP contribution is -2.47. The van der Waals surface area contributed by atoms with Crippen molar-refractivity contribution >= 4 is 0 Å². The summed E-state index contributed by atoms with van der Waals surface area (Å²) < 4.78 is 0. The minimum absolute atomic E-state index is 0.0783. The van der Waals surface area contributed by atoms with Crippen molar-refractivity contribution in [2.75, 3.05) is 0 Å². The Morgan fingerprint density at radius 2 is 1.93 bits per heavy atom. The second kappa shape index (κ2) is 7.17.